The first-order chi connectivity index (χ1) is 12.0. The van der Waals surface area contributed by atoms with E-state index in [1.54, 1.807) is 4.90 Å². The van der Waals surface area contributed by atoms with Crippen LogP contribution in [-0.4, -0.2) is 49.2 Å². The number of anilines is 1. The van der Waals surface area contributed by atoms with Crippen molar-refractivity contribution in [3.8, 4) is 0 Å². The van der Waals surface area contributed by atoms with Gasteiger partial charge in [0.05, 0.1) is 12.5 Å². The summed E-state index contributed by atoms with van der Waals surface area (Å²) in [6.07, 6.45) is 0.684. The number of hydrogen-bond acceptors (Lipinski definition) is 3. The van der Waals surface area contributed by atoms with Crippen molar-refractivity contribution in [2.75, 3.05) is 32.1 Å². The van der Waals surface area contributed by atoms with Crippen LogP contribution in [0.3, 0.4) is 0 Å². The van der Waals surface area contributed by atoms with Gasteiger partial charge < -0.3 is 14.9 Å². The average molecular weight is 338 g/mol. The van der Waals surface area contributed by atoms with E-state index >= 15 is 0 Å². The molecular formula is C21H26N2O2. The van der Waals surface area contributed by atoms with Crippen LogP contribution in [0, 0.1) is 0 Å². The van der Waals surface area contributed by atoms with E-state index in [9.17, 15) is 9.90 Å². The van der Waals surface area contributed by atoms with Gasteiger partial charge in [-0.15, -0.1) is 0 Å². The fourth-order valence-electron chi connectivity index (χ4n) is 3.45. The molecule has 0 aromatic heterocycles. The maximum absolute atomic E-state index is 12.6. The number of benzene rings is 2. The van der Waals surface area contributed by atoms with Gasteiger partial charge in [0, 0.05) is 38.8 Å². The molecule has 0 radical (unpaired) electrons. The molecule has 1 aliphatic rings. The molecule has 1 amide bonds. The standard InChI is InChI=1S/C21H26N2O2/c1-22(2)18-10-8-16(9-11-18)14-21(25)23-13-12-19(20(24)15-23)17-6-4-3-5-7-17/h3-11,19-20,24H,12-15H2,1-2H3/t19-,20+/m0/s1. The van der Waals surface area contributed by atoms with E-state index in [2.05, 4.69) is 12.1 Å². The first-order valence-electron chi connectivity index (χ1n) is 8.81. The Labute approximate surface area is 149 Å². The third-order valence-electron chi connectivity index (χ3n) is 4.97. The van der Waals surface area contributed by atoms with Gasteiger partial charge in [-0.2, -0.15) is 0 Å². The molecule has 132 valence electrons. The Morgan fingerprint density at radius 1 is 1.12 bits per heavy atom. The van der Waals surface area contributed by atoms with Gasteiger partial charge in [-0.25, -0.2) is 0 Å². The highest BCUT2D eigenvalue weighted by atomic mass is 16.3. The van der Waals surface area contributed by atoms with Crippen LogP contribution in [0.2, 0.25) is 0 Å². The Kier molecular flexibility index (Phi) is 5.39. The van der Waals surface area contributed by atoms with Crippen LogP contribution in [0.5, 0.6) is 0 Å². The molecule has 0 saturated carbocycles. The Bertz CT molecular complexity index is 698. The van der Waals surface area contributed by atoms with Crippen molar-refractivity contribution in [1.82, 2.24) is 4.90 Å². The number of β-amino-alcohol motifs (C(OH)–C–C–N with tert-alkyl or cyclic N) is 1. The van der Waals surface area contributed by atoms with Crippen molar-refractivity contribution < 1.29 is 9.90 Å². The van der Waals surface area contributed by atoms with Crippen molar-refractivity contribution in [2.24, 2.45) is 0 Å². The third kappa shape index (κ3) is 4.20. The van der Waals surface area contributed by atoms with E-state index < -0.39 is 6.10 Å². The van der Waals surface area contributed by atoms with Crippen molar-refractivity contribution in [1.29, 1.82) is 0 Å². The number of carbonyl (C=O) groups excluding carboxylic acids is 1. The van der Waals surface area contributed by atoms with E-state index in [-0.39, 0.29) is 11.8 Å². The Hall–Kier alpha value is -2.33. The van der Waals surface area contributed by atoms with Crippen molar-refractivity contribution in [3.63, 3.8) is 0 Å². The van der Waals surface area contributed by atoms with Crippen molar-refractivity contribution in [2.45, 2.75) is 24.9 Å². The fraction of sp³-hybridized carbons (Fsp3) is 0.381. The number of aliphatic hydroxyl groups is 1. The Morgan fingerprint density at radius 3 is 2.40 bits per heavy atom. The zero-order valence-corrected chi connectivity index (χ0v) is 14.9. The zero-order valence-electron chi connectivity index (χ0n) is 14.9. The number of likely N-dealkylation sites (tertiary alicyclic amines) is 1. The van der Waals surface area contributed by atoms with Crippen LogP contribution in [-0.2, 0) is 11.2 Å². The molecule has 4 heteroatoms. The molecule has 0 spiro atoms. The molecule has 2 aromatic rings. The molecule has 0 bridgehead atoms. The van der Waals surface area contributed by atoms with Crippen LogP contribution in [0.1, 0.15) is 23.5 Å². The first kappa shape index (κ1) is 17.5. The second-order valence-corrected chi connectivity index (χ2v) is 6.95. The lowest BCUT2D eigenvalue weighted by atomic mass is 9.87. The van der Waals surface area contributed by atoms with Crippen LogP contribution in [0.4, 0.5) is 5.69 Å². The third-order valence-corrected chi connectivity index (χ3v) is 4.97. The summed E-state index contributed by atoms with van der Waals surface area (Å²) in [6.45, 7) is 1.11. The second kappa shape index (κ2) is 7.70. The number of piperidine rings is 1. The number of carbonyl (C=O) groups is 1. The summed E-state index contributed by atoms with van der Waals surface area (Å²) in [4.78, 5) is 16.4. The summed E-state index contributed by atoms with van der Waals surface area (Å²) >= 11 is 0. The molecule has 4 nitrogen and oxygen atoms in total. The van der Waals surface area contributed by atoms with Crippen molar-refractivity contribution in [3.05, 3.63) is 65.7 Å². The Morgan fingerprint density at radius 2 is 1.80 bits per heavy atom. The number of hydrogen-bond donors (Lipinski definition) is 1. The summed E-state index contributed by atoms with van der Waals surface area (Å²) in [5, 5.41) is 10.5. The van der Waals surface area contributed by atoms with Crippen LogP contribution in [0.15, 0.2) is 54.6 Å². The Balaban J connectivity index is 1.59. The minimum Gasteiger partial charge on any atom is -0.391 e. The van der Waals surface area contributed by atoms with Gasteiger partial charge in [0.25, 0.3) is 0 Å². The lowest BCUT2D eigenvalue weighted by molar-refractivity contribution is -0.134. The smallest absolute Gasteiger partial charge is 0.227 e. The molecule has 0 aliphatic carbocycles. The molecule has 3 rings (SSSR count). The maximum Gasteiger partial charge on any atom is 0.227 e. The van der Waals surface area contributed by atoms with Gasteiger partial charge in [0.2, 0.25) is 5.91 Å². The molecule has 1 fully saturated rings. The normalized spacial score (nSPS) is 20.4. The maximum atomic E-state index is 12.6. The highest BCUT2D eigenvalue weighted by molar-refractivity contribution is 5.79. The SMILES string of the molecule is CN(C)c1ccc(CC(=O)N2CC[C@@H](c3ccccc3)[C@H](O)C2)cc1. The summed E-state index contributed by atoms with van der Waals surface area (Å²) in [6, 6.07) is 18.1. The fourth-order valence-corrected chi connectivity index (χ4v) is 3.45. The quantitative estimate of drug-likeness (QED) is 0.932. The zero-order chi connectivity index (χ0) is 17.8. The lowest BCUT2D eigenvalue weighted by Gasteiger charge is -2.36. The van der Waals surface area contributed by atoms with Crippen LogP contribution < -0.4 is 4.90 Å². The van der Waals surface area contributed by atoms with Gasteiger partial charge in [0.15, 0.2) is 0 Å². The lowest BCUT2D eigenvalue weighted by Crippen LogP contribution is -2.46. The molecule has 2 aromatic carbocycles. The number of nitrogens with zero attached hydrogens (tertiary/aromatic N) is 2. The summed E-state index contributed by atoms with van der Waals surface area (Å²) in [5.41, 5.74) is 3.28. The summed E-state index contributed by atoms with van der Waals surface area (Å²) < 4.78 is 0. The predicted molar refractivity (Wildman–Crippen MR) is 101 cm³/mol. The van der Waals surface area contributed by atoms with E-state index in [0.29, 0.717) is 19.5 Å². The highest BCUT2D eigenvalue weighted by Crippen LogP contribution is 2.28. The molecule has 0 unspecified atom stereocenters. The van der Waals surface area contributed by atoms with Crippen LogP contribution in [0.25, 0.3) is 0 Å². The average Bonchev–Trinajstić information content (AvgIpc) is 2.62. The minimum absolute atomic E-state index is 0.0863. The van der Waals surface area contributed by atoms with E-state index in [0.717, 1.165) is 23.2 Å². The van der Waals surface area contributed by atoms with Gasteiger partial charge in [0.1, 0.15) is 0 Å². The molecule has 1 heterocycles. The van der Waals surface area contributed by atoms with Gasteiger partial charge in [-0.05, 0) is 29.7 Å². The highest BCUT2D eigenvalue weighted by Gasteiger charge is 2.30. The predicted octanol–water partition coefficient (Wildman–Crippen LogP) is 2.67. The number of amides is 1. The first-order valence-corrected chi connectivity index (χ1v) is 8.81. The van der Waals surface area contributed by atoms with Crippen LogP contribution >= 0.6 is 0 Å². The van der Waals surface area contributed by atoms with E-state index in [1.807, 2.05) is 61.5 Å². The molecule has 1 aliphatic heterocycles. The topological polar surface area (TPSA) is 43.8 Å². The van der Waals surface area contributed by atoms with E-state index in [1.165, 1.54) is 0 Å². The van der Waals surface area contributed by atoms with Gasteiger partial charge in [-0.1, -0.05) is 42.5 Å². The summed E-state index contributed by atoms with van der Waals surface area (Å²) in [5.74, 6) is 0.202. The molecule has 25 heavy (non-hydrogen) atoms. The van der Waals surface area contributed by atoms with Gasteiger partial charge in [-0.3, -0.25) is 4.79 Å². The summed E-state index contributed by atoms with van der Waals surface area (Å²) in [7, 11) is 4.00. The number of rotatable bonds is 4. The molecule has 1 N–H and O–H groups in total. The largest absolute Gasteiger partial charge is 0.391 e. The monoisotopic (exact) mass is 338 g/mol. The minimum atomic E-state index is -0.504. The molecule has 2 atom stereocenters. The van der Waals surface area contributed by atoms with Gasteiger partial charge >= 0.3 is 0 Å². The number of aliphatic hydroxyl groups excluding tert-OH is 1. The second-order valence-electron chi connectivity index (χ2n) is 6.95. The molecule has 1 saturated heterocycles. The van der Waals surface area contributed by atoms with E-state index in [4.69, 9.17) is 0 Å². The molecular weight excluding hydrogens is 312 g/mol. The van der Waals surface area contributed by atoms with Crippen molar-refractivity contribution >= 4 is 11.6 Å².